The van der Waals surface area contributed by atoms with Crippen LogP contribution in [0.1, 0.15) is 10.4 Å². The predicted octanol–water partition coefficient (Wildman–Crippen LogP) is 0.138. The summed E-state index contributed by atoms with van der Waals surface area (Å²) in [6.45, 7) is 0. The molecule has 0 bridgehead atoms. The molecule has 0 saturated carbocycles. The van der Waals surface area contributed by atoms with Crippen molar-refractivity contribution in [3.05, 3.63) is 23.9 Å². The minimum atomic E-state index is -1.48. The maximum absolute atomic E-state index is 10.6. The van der Waals surface area contributed by atoms with Gasteiger partial charge in [-0.25, -0.2) is 20.4 Å². The summed E-state index contributed by atoms with van der Waals surface area (Å²) in [4.78, 5) is 24.6. The minimum Gasteiger partial charge on any atom is -0.478 e. The molecular weight excluding hydrogens is 190 g/mol. The van der Waals surface area contributed by atoms with E-state index in [1.165, 1.54) is 18.3 Å². The van der Waals surface area contributed by atoms with Crippen LogP contribution in [-0.4, -0.2) is 27.3 Å². The Labute approximate surface area is 78.4 Å². The van der Waals surface area contributed by atoms with Gasteiger partial charge in [0.2, 0.25) is 0 Å². The number of aromatic carboxylic acids is 1. The molecule has 7 nitrogen and oxygen atoms in total. The number of pyridine rings is 1. The standard InChI is InChI=1S/C7H7N3O4/c8-10(7(13)14)5-4(6(11)12)2-1-3-9-5/h1-3H,8H2,(H,11,12)(H,13,14). The van der Waals surface area contributed by atoms with Crippen molar-refractivity contribution in [2.45, 2.75) is 0 Å². The maximum atomic E-state index is 10.6. The molecule has 0 atom stereocenters. The highest BCUT2D eigenvalue weighted by Crippen LogP contribution is 2.13. The number of aromatic nitrogens is 1. The maximum Gasteiger partial charge on any atom is 0.427 e. The van der Waals surface area contributed by atoms with Gasteiger partial charge in [-0.2, -0.15) is 5.01 Å². The third-order valence-corrected chi connectivity index (χ3v) is 1.45. The molecule has 74 valence electrons. The lowest BCUT2D eigenvalue weighted by molar-refractivity contribution is 0.0697. The zero-order valence-electron chi connectivity index (χ0n) is 6.91. The van der Waals surface area contributed by atoms with E-state index in [0.29, 0.717) is 0 Å². The molecule has 0 aliphatic rings. The Morgan fingerprint density at radius 2 is 2.07 bits per heavy atom. The lowest BCUT2D eigenvalue weighted by Gasteiger charge is -2.12. The number of hydrogen-bond acceptors (Lipinski definition) is 4. The van der Waals surface area contributed by atoms with Crippen molar-refractivity contribution < 1.29 is 19.8 Å². The molecule has 0 spiro atoms. The van der Waals surface area contributed by atoms with Gasteiger partial charge in [0.05, 0.1) is 0 Å². The second kappa shape index (κ2) is 3.71. The first-order valence-electron chi connectivity index (χ1n) is 3.50. The van der Waals surface area contributed by atoms with Crippen LogP contribution in [0.2, 0.25) is 0 Å². The summed E-state index contributed by atoms with van der Waals surface area (Å²) in [5.41, 5.74) is -0.266. The highest BCUT2D eigenvalue weighted by Gasteiger charge is 2.18. The van der Waals surface area contributed by atoms with E-state index in [-0.39, 0.29) is 16.4 Å². The summed E-state index contributed by atoms with van der Waals surface area (Å²) < 4.78 is 0. The molecule has 1 amide bonds. The molecule has 0 unspecified atom stereocenters. The summed E-state index contributed by atoms with van der Waals surface area (Å²) in [5.74, 6) is 3.48. The van der Waals surface area contributed by atoms with E-state index in [2.05, 4.69) is 4.98 Å². The molecule has 0 aliphatic carbocycles. The van der Waals surface area contributed by atoms with E-state index in [0.717, 1.165) is 0 Å². The number of anilines is 1. The van der Waals surface area contributed by atoms with Crippen molar-refractivity contribution in [3.63, 3.8) is 0 Å². The molecule has 7 heteroatoms. The van der Waals surface area contributed by atoms with Crippen LogP contribution in [0, 0.1) is 0 Å². The Morgan fingerprint density at radius 3 is 2.57 bits per heavy atom. The summed E-state index contributed by atoms with van der Waals surface area (Å²) in [7, 11) is 0. The third kappa shape index (κ3) is 1.77. The smallest absolute Gasteiger partial charge is 0.427 e. The van der Waals surface area contributed by atoms with E-state index in [9.17, 15) is 9.59 Å². The predicted molar refractivity (Wildman–Crippen MR) is 45.9 cm³/mol. The van der Waals surface area contributed by atoms with Gasteiger partial charge >= 0.3 is 12.1 Å². The van der Waals surface area contributed by atoms with E-state index in [1.807, 2.05) is 0 Å². The number of hydrazine groups is 1. The average molecular weight is 197 g/mol. The number of carboxylic acid groups (broad SMARTS) is 2. The number of amides is 1. The molecule has 1 heterocycles. The monoisotopic (exact) mass is 197 g/mol. The minimum absolute atomic E-state index is 0.253. The van der Waals surface area contributed by atoms with Crippen molar-refractivity contribution in [1.82, 2.24) is 4.98 Å². The van der Waals surface area contributed by atoms with Gasteiger partial charge in [-0.3, -0.25) is 0 Å². The molecule has 4 N–H and O–H groups in total. The number of carboxylic acids is 1. The Hall–Kier alpha value is -2.15. The molecule has 0 radical (unpaired) electrons. The molecular formula is C7H7N3O4. The Morgan fingerprint density at radius 1 is 1.43 bits per heavy atom. The first-order chi connectivity index (χ1) is 6.54. The molecule has 0 aromatic carbocycles. The van der Waals surface area contributed by atoms with Crippen LogP contribution in [0.5, 0.6) is 0 Å². The second-order valence-corrected chi connectivity index (χ2v) is 2.33. The fraction of sp³-hybridized carbons (Fsp3) is 0. The largest absolute Gasteiger partial charge is 0.478 e. The fourth-order valence-electron chi connectivity index (χ4n) is 0.846. The van der Waals surface area contributed by atoms with Crippen molar-refractivity contribution in [3.8, 4) is 0 Å². The first kappa shape index (κ1) is 9.93. The number of nitrogens with zero attached hydrogens (tertiary/aromatic N) is 2. The highest BCUT2D eigenvalue weighted by molar-refractivity contribution is 5.97. The van der Waals surface area contributed by atoms with Crippen molar-refractivity contribution >= 4 is 17.9 Å². The lowest BCUT2D eigenvalue weighted by atomic mass is 10.2. The Balaban J connectivity index is 3.19. The number of carbonyl (C=O) groups is 2. The summed E-state index contributed by atoms with van der Waals surface area (Å²) in [5, 5.41) is 17.4. The molecule has 1 rings (SSSR count). The molecule has 1 aromatic heterocycles. The second-order valence-electron chi connectivity index (χ2n) is 2.33. The van der Waals surface area contributed by atoms with Crippen molar-refractivity contribution in [1.29, 1.82) is 0 Å². The van der Waals surface area contributed by atoms with E-state index >= 15 is 0 Å². The van der Waals surface area contributed by atoms with Gasteiger partial charge in [-0.15, -0.1) is 0 Å². The van der Waals surface area contributed by atoms with E-state index < -0.39 is 12.1 Å². The van der Waals surface area contributed by atoms with Gasteiger partial charge in [0, 0.05) is 6.20 Å². The summed E-state index contributed by atoms with van der Waals surface area (Å²) >= 11 is 0. The van der Waals surface area contributed by atoms with E-state index in [1.54, 1.807) is 0 Å². The van der Waals surface area contributed by atoms with Gasteiger partial charge in [-0.05, 0) is 12.1 Å². The van der Waals surface area contributed by atoms with Crippen LogP contribution in [0.4, 0.5) is 10.6 Å². The first-order valence-corrected chi connectivity index (χ1v) is 3.50. The number of rotatable bonds is 2. The van der Waals surface area contributed by atoms with Crippen LogP contribution in [0.15, 0.2) is 18.3 Å². The third-order valence-electron chi connectivity index (χ3n) is 1.45. The van der Waals surface area contributed by atoms with Crippen LogP contribution in [0.3, 0.4) is 0 Å². The summed E-state index contributed by atoms with van der Waals surface area (Å²) in [6.07, 6.45) is -0.226. The SMILES string of the molecule is NN(C(=O)O)c1ncccc1C(=O)O. The fourth-order valence-corrected chi connectivity index (χ4v) is 0.846. The molecule has 0 fully saturated rings. The Kier molecular flexibility index (Phi) is 2.63. The molecule has 14 heavy (non-hydrogen) atoms. The lowest BCUT2D eigenvalue weighted by Crippen LogP contribution is -2.37. The average Bonchev–Trinajstić information content (AvgIpc) is 2.16. The van der Waals surface area contributed by atoms with Crippen molar-refractivity contribution in [2.75, 3.05) is 5.01 Å². The van der Waals surface area contributed by atoms with Gasteiger partial charge in [-0.1, -0.05) is 0 Å². The highest BCUT2D eigenvalue weighted by atomic mass is 16.4. The topological polar surface area (TPSA) is 117 Å². The quantitative estimate of drug-likeness (QED) is 0.352. The zero-order chi connectivity index (χ0) is 10.7. The van der Waals surface area contributed by atoms with Crippen LogP contribution in [0.25, 0.3) is 0 Å². The van der Waals surface area contributed by atoms with Crippen LogP contribution in [-0.2, 0) is 0 Å². The summed E-state index contributed by atoms with van der Waals surface area (Å²) in [6, 6.07) is 2.59. The van der Waals surface area contributed by atoms with E-state index in [4.69, 9.17) is 16.1 Å². The van der Waals surface area contributed by atoms with Gasteiger partial charge in [0.15, 0.2) is 5.82 Å². The molecule has 0 saturated heterocycles. The van der Waals surface area contributed by atoms with Gasteiger partial charge in [0.1, 0.15) is 5.56 Å². The number of nitrogens with two attached hydrogens (primary N) is 1. The van der Waals surface area contributed by atoms with Crippen molar-refractivity contribution in [2.24, 2.45) is 5.84 Å². The molecule has 0 aliphatic heterocycles. The van der Waals surface area contributed by atoms with Gasteiger partial charge < -0.3 is 10.2 Å². The Bertz CT molecular complexity index is 379. The number of hydrogen-bond donors (Lipinski definition) is 3. The zero-order valence-corrected chi connectivity index (χ0v) is 6.91. The van der Waals surface area contributed by atoms with Gasteiger partial charge in [0.25, 0.3) is 0 Å². The van der Waals surface area contributed by atoms with Crippen LogP contribution < -0.4 is 10.9 Å². The normalized spacial score (nSPS) is 9.50. The van der Waals surface area contributed by atoms with Crippen LogP contribution >= 0.6 is 0 Å². The molecule has 1 aromatic rings.